The number of aryl methyl sites for hydroxylation is 1. The van der Waals surface area contributed by atoms with Crippen molar-refractivity contribution in [2.75, 3.05) is 11.9 Å². The highest BCUT2D eigenvalue weighted by atomic mass is 19.2. The van der Waals surface area contributed by atoms with E-state index in [-0.39, 0.29) is 17.8 Å². The summed E-state index contributed by atoms with van der Waals surface area (Å²) in [6.45, 7) is 1.26. The number of hydrogen-bond acceptors (Lipinski definition) is 5. The highest BCUT2D eigenvalue weighted by Crippen LogP contribution is 2.31. The number of carboxylic acids is 1. The summed E-state index contributed by atoms with van der Waals surface area (Å²) >= 11 is 0. The molecule has 4 aromatic rings. The molecule has 1 aromatic heterocycles. The number of amides is 1. The molecule has 0 bridgehead atoms. The number of carbonyl (C=O) groups excluding carboxylic acids is 1. The van der Waals surface area contributed by atoms with Gasteiger partial charge in [-0.25, -0.2) is 13.6 Å². The van der Waals surface area contributed by atoms with E-state index in [1.54, 1.807) is 43.3 Å². The van der Waals surface area contributed by atoms with Gasteiger partial charge in [-0.1, -0.05) is 24.3 Å². The fourth-order valence-corrected chi connectivity index (χ4v) is 3.66. The first-order valence-corrected chi connectivity index (χ1v) is 10.5. The molecule has 1 heterocycles. The Bertz CT molecular complexity index is 1510. The number of carbonyl (C=O) groups is 2. The summed E-state index contributed by atoms with van der Waals surface area (Å²) in [5.41, 5.74) is 1.22. The normalized spacial score (nSPS) is 10.8. The predicted molar refractivity (Wildman–Crippen MR) is 124 cm³/mol. The van der Waals surface area contributed by atoms with Crippen molar-refractivity contribution in [1.82, 2.24) is 0 Å². The third kappa shape index (κ3) is 5.19. The summed E-state index contributed by atoms with van der Waals surface area (Å²) in [5, 5.41) is 12.2. The third-order valence-corrected chi connectivity index (χ3v) is 5.38. The molecule has 3 aromatic carbocycles. The van der Waals surface area contributed by atoms with Gasteiger partial charge in [-0.3, -0.25) is 9.59 Å². The molecule has 1 amide bonds. The molecular weight excluding hydrogens is 460 g/mol. The van der Waals surface area contributed by atoms with Gasteiger partial charge in [-0.2, -0.15) is 0 Å². The maximum absolute atomic E-state index is 13.7. The number of fused-ring (bicyclic) bond motifs is 1. The molecule has 0 radical (unpaired) electrons. The van der Waals surface area contributed by atoms with Crippen LogP contribution in [0.5, 0.6) is 5.75 Å². The smallest absolute Gasteiger partial charge is 0.340 e. The maximum Gasteiger partial charge on any atom is 0.340 e. The molecule has 7 nitrogen and oxygen atoms in total. The minimum atomic E-state index is -1.14. The van der Waals surface area contributed by atoms with Crippen LogP contribution in [0.1, 0.15) is 11.1 Å². The molecule has 35 heavy (non-hydrogen) atoms. The summed E-state index contributed by atoms with van der Waals surface area (Å²) in [6.07, 6.45) is -0.452. The fraction of sp³-hybridized carbons (Fsp3) is 0.115. The van der Waals surface area contributed by atoms with E-state index in [0.717, 1.165) is 12.1 Å². The average molecular weight is 479 g/mol. The van der Waals surface area contributed by atoms with E-state index in [4.69, 9.17) is 14.3 Å². The zero-order valence-corrected chi connectivity index (χ0v) is 18.4. The first-order valence-electron chi connectivity index (χ1n) is 10.5. The van der Waals surface area contributed by atoms with Gasteiger partial charge in [0.2, 0.25) is 0 Å². The fourth-order valence-electron chi connectivity index (χ4n) is 3.66. The number of benzene rings is 3. The van der Waals surface area contributed by atoms with Crippen molar-refractivity contribution in [2.45, 2.75) is 13.3 Å². The largest absolute Gasteiger partial charge is 0.483 e. The molecule has 0 aliphatic heterocycles. The van der Waals surface area contributed by atoms with Gasteiger partial charge >= 0.3 is 11.6 Å². The minimum absolute atomic E-state index is 0.0647. The van der Waals surface area contributed by atoms with Crippen molar-refractivity contribution in [3.63, 3.8) is 0 Å². The summed E-state index contributed by atoms with van der Waals surface area (Å²) < 4.78 is 37.8. The molecule has 0 saturated carbocycles. The summed E-state index contributed by atoms with van der Waals surface area (Å²) in [7, 11) is 0. The number of halogens is 2. The van der Waals surface area contributed by atoms with E-state index in [2.05, 4.69) is 5.32 Å². The van der Waals surface area contributed by atoms with Gasteiger partial charge in [0.05, 0.1) is 12.0 Å². The van der Waals surface area contributed by atoms with Crippen LogP contribution >= 0.6 is 0 Å². The topological polar surface area (TPSA) is 106 Å². The number of rotatable bonds is 7. The van der Waals surface area contributed by atoms with Crippen LogP contribution < -0.4 is 15.7 Å². The van der Waals surface area contributed by atoms with Gasteiger partial charge in [-0.15, -0.1) is 0 Å². The first-order chi connectivity index (χ1) is 16.7. The quantitative estimate of drug-likeness (QED) is 0.373. The Morgan fingerprint density at radius 2 is 1.80 bits per heavy atom. The Balaban J connectivity index is 1.50. The molecule has 4 rings (SSSR count). The molecular formula is C26H19F2NO6. The number of hydrogen-bond donors (Lipinski definition) is 2. The zero-order valence-electron chi connectivity index (χ0n) is 18.4. The van der Waals surface area contributed by atoms with E-state index in [1.165, 1.54) is 12.1 Å². The Morgan fingerprint density at radius 1 is 1.03 bits per heavy atom. The van der Waals surface area contributed by atoms with Crippen molar-refractivity contribution >= 4 is 28.5 Å². The van der Waals surface area contributed by atoms with Crippen molar-refractivity contribution in [3.05, 3.63) is 93.8 Å². The second kappa shape index (κ2) is 9.76. The average Bonchev–Trinajstić information content (AvgIpc) is 2.82. The molecule has 0 aliphatic carbocycles. The monoisotopic (exact) mass is 479 g/mol. The Morgan fingerprint density at radius 3 is 2.54 bits per heavy atom. The van der Waals surface area contributed by atoms with Crippen molar-refractivity contribution in [2.24, 2.45) is 0 Å². The van der Waals surface area contributed by atoms with E-state index in [1.807, 2.05) is 0 Å². The molecule has 0 atom stereocenters. The molecule has 0 saturated heterocycles. The lowest BCUT2D eigenvalue weighted by Gasteiger charge is -2.12. The molecule has 0 fully saturated rings. The lowest BCUT2D eigenvalue weighted by molar-refractivity contribution is -0.136. The van der Waals surface area contributed by atoms with Crippen LogP contribution in [0, 0.1) is 18.6 Å². The Kier molecular flexibility index (Phi) is 6.59. The van der Waals surface area contributed by atoms with Crippen LogP contribution in [-0.4, -0.2) is 23.6 Å². The number of anilines is 1. The second-order valence-electron chi connectivity index (χ2n) is 7.74. The molecule has 9 heteroatoms. The number of carboxylic acid groups (broad SMARTS) is 1. The van der Waals surface area contributed by atoms with Gasteiger partial charge in [0.1, 0.15) is 11.3 Å². The van der Waals surface area contributed by atoms with Gasteiger partial charge in [-0.05, 0) is 48.4 Å². The molecule has 0 spiro atoms. The standard InChI is InChI=1S/C26H19F2NO6/c1-14-17-8-7-16(11-23(17)35-26(33)19(14)12-25(31)32)29-24(30)13-34-22-5-3-2-4-18(22)15-6-9-20(27)21(28)10-15/h2-11H,12-13H2,1H3,(H,29,30)(H,31,32). The highest BCUT2D eigenvalue weighted by Gasteiger charge is 2.16. The summed E-state index contributed by atoms with van der Waals surface area (Å²) in [4.78, 5) is 35.7. The Hall–Kier alpha value is -4.53. The lowest BCUT2D eigenvalue weighted by Crippen LogP contribution is -2.20. The van der Waals surface area contributed by atoms with Crippen molar-refractivity contribution in [1.29, 1.82) is 0 Å². The van der Waals surface area contributed by atoms with Gasteiger partial charge in [0.25, 0.3) is 5.91 Å². The lowest BCUT2D eigenvalue weighted by atomic mass is 10.0. The van der Waals surface area contributed by atoms with Crippen molar-refractivity contribution in [3.8, 4) is 16.9 Å². The molecule has 0 unspecified atom stereocenters. The van der Waals surface area contributed by atoms with Gasteiger partial charge in [0.15, 0.2) is 18.2 Å². The Labute approximate surface area is 197 Å². The number of ether oxygens (including phenoxy) is 1. The van der Waals surface area contributed by atoms with Crippen LogP contribution in [-0.2, 0) is 16.0 Å². The van der Waals surface area contributed by atoms with Crippen LogP contribution in [0.2, 0.25) is 0 Å². The number of para-hydroxylation sites is 1. The third-order valence-electron chi connectivity index (χ3n) is 5.38. The second-order valence-corrected chi connectivity index (χ2v) is 7.74. The molecule has 0 aliphatic rings. The zero-order chi connectivity index (χ0) is 25.1. The highest BCUT2D eigenvalue weighted by molar-refractivity contribution is 5.95. The minimum Gasteiger partial charge on any atom is -0.483 e. The van der Waals surface area contributed by atoms with E-state index >= 15 is 0 Å². The summed E-state index contributed by atoms with van der Waals surface area (Å²) in [5.74, 6) is -3.31. The first kappa shape index (κ1) is 23.6. The maximum atomic E-state index is 13.7. The van der Waals surface area contributed by atoms with Crippen LogP contribution in [0.15, 0.2) is 69.9 Å². The van der Waals surface area contributed by atoms with Crippen LogP contribution in [0.25, 0.3) is 22.1 Å². The number of aliphatic carboxylic acids is 1. The van der Waals surface area contributed by atoms with Crippen LogP contribution in [0.3, 0.4) is 0 Å². The predicted octanol–water partition coefficient (Wildman–Crippen LogP) is 4.69. The van der Waals surface area contributed by atoms with Gasteiger partial charge < -0.3 is 19.6 Å². The van der Waals surface area contributed by atoms with Crippen LogP contribution in [0.4, 0.5) is 14.5 Å². The molecule has 2 N–H and O–H groups in total. The SMILES string of the molecule is Cc1c(CC(=O)O)c(=O)oc2cc(NC(=O)COc3ccccc3-c3ccc(F)c(F)c3)ccc12. The number of nitrogens with one attached hydrogen (secondary N) is 1. The van der Waals surface area contributed by atoms with E-state index in [0.29, 0.717) is 33.5 Å². The summed E-state index contributed by atoms with van der Waals surface area (Å²) in [6, 6.07) is 14.8. The van der Waals surface area contributed by atoms with E-state index < -0.39 is 35.6 Å². The van der Waals surface area contributed by atoms with E-state index in [9.17, 15) is 23.2 Å². The molecule has 178 valence electrons. The van der Waals surface area contributed by atoms with Gasteiger partial charge in [0, 0.05) is 22.7 Å². The van der Waals surface area contributed by atoms with Crippen molar-refractivity contribution < 1.29 is 32.6 Å².